The molecule has 1 saturated heterocycles. The van der Waals surface area contributed by atoms with E-state index >= 15 is 0 Å². The van der Waals surface area contributed by atoms with Gasteiger partial charge >= 0.3 is 0 Å². The number of ether oxygens (including phenoxy) is 2. The van der Waals surface area contributed by atoms with Gasteiger partial charge in [0.25, 0.3) is 0 Å². The van der Waals surface area contributed by atoms with Crippen molar-refractivity contribution in [3.63, 3.8) is 0 Å². The maximum absolute atomic E-state index is 5.89. The van der Waals surface area contributed by atoms with Gasteiger partial charge < -0.3 is 14.8 Å². The normalized spacial score (nSPS) is 21.1. The van der Waals surface area contributed by atoms with E-state index < -0.39 is 0 Å². The van der Waals surface area contributed by atoms with Crippen LogP contribution in [0.1, 0.15) is 25.5 Å². The Labute approximate surface area is 119 Å². The molecule has 2 rings (SSSR count). The van der Waals surface area contributed by atoms with Crippen molar-refractivity contribution in [3.05, 3.63) is 24.0 Å². The van der Waals surface area contributed by atoms with Gasteiger partial charge in [0, 0.05) is 17.7 Å². The molecule has 5 heteroatoms. The van der Waals surface area contributed by atoms with E-state index in [-0.39, 0.29) is 12.1 Å². The molecule has 0 spiro atoms. The largest absolute Gasteiger partial charge is 0.492 e. The van der Waals surface area contributed by atoms with Crippen molar-refractivity contribution in [1.82, 2.24) is 10.3 Å². The summed E-state index contributed by atoms with van der Waals surface area (Å²) in [6.45, 7) is 6.49. The van der Waals surface area contributed by atoms with Crippen molar-refractivity contribution in [1.29, 1.82) is 0 Å². The van der Waals surface area contributed by atoms with E-state index in [9.17, 15) is 0 Å². The Morgan fingerprint density at radius 3 is 3.11 bits per heavy atom. The molecule has 1 aliphatic heterocycles. The van der Waals surface area contributed by atoms with Crippen LogP contribution in [0, 0.1) is 0 Å². The van der Waals surface area contributed by atoms with Gasteiger partial charge in [0.2, 0.25) is 0 Å². The van der Waals surface area contributed by atoms with Crippen LogP contribution >= 0.6 is 11.8 Å². The summed E-state index contributed by atoms with van der Waals surface area (Å²) in [7, 11) is 0. The second-order valence-corrected chi connectivity index (χ2v) is 5.56. The van der Waals surface area contributed by atoms with Crippen LogP contribution in [0.3, 0.4) is 0 Å². The molecular formula is C14H22N2O2S. The lowest BCUT2D eigenvalue weighted by molar-refractivity contribution is 0.0470. The van der Waals surface area contributed by atoms with Gasteiger partial charge in [-0.1, -0.05) is 6.92 Å². The van der Waals surface area contributed by atoms with Gasteiger partial charge in [0.05, 0.1) is 31.6 Å². The smallest absolute Gasteiger partial charge is 0.137 e. The number of thioether (sulfide) groups is 1. The summed E-state index contributed by atoms with van der Waals surface area (Å²) in [6, 6.07) is 2.25. The zero-order valence-electron chi connectivity index (χ0n) is 11.6. The summed E-state index contributed by atoms with van der Waals surface area (Å²) in [5, 5.41) is 3.50. The summed E-state index contributed by atoms with van der Waals surface area (Å²) in [6.07, 6.45) is 3.86. The third kappa shape index (κ3) is 4.09. The molecule has 2 unspecified atom stereocenters. The highest BCUT2D eigenvalue weighted by molar-refractivity contribution is 7.99. The van der Waals surface area contributed by atoms with Crippen LogP contribution in [0.5, 0.6) is 5.75 Å². The van der Waals surface area contributed by atoms with E-state index in [1.807, 2.05) is 24.9 Å². The molecule has 2 heterocycles. The average molecular weight is 282 g/mol. The molecule has 0 aliphatic carbocycles. The van der Waals surface area contributed by atoms with E-state index in [2.05, 4.69) is 23.3 Å². The van der Waals surface area contributed by atoms with Gasteiger partial charge in [-0.3, -0.25) is 4.98 Å². The highest BCUT2D eigenvalue weighted by Gasteiger charge is 2.26. The molecule has 0 amide bonds. The average Bonchev–Trinajstić information content (AvgIpc) is 2.46. The van der Waals surface area contributed by atoms with Gasteiger partial charge in [-0.15, -0.1) is 0 Å². The monoisotopic (exact) mass is 282 g/mol. The molecule has 106 valence electrons. The van der Waals surface area contributed by atoms with E-state index in [1.54, 1.807) is 6.20 Å². The van der Waals surface area contributed by atoms with E-state index in [1.165, 1.54) is 0 Å². The zero-order valence-corrected chi connectivity index (χ0v) is 12.4. The number of nitrogens with one attached hydrogen (secondary N) is 1. The van der Waals surface area contributed by atoms with Gasteiger partial charge in [0.15, 0.2) is 0 Å². The van der Waals surface area contributed by atoms with E-state index in [0.717, 1.165) is 36.0 Å². The number of aromatic nitrogens is 1. The van der Waals surface area contributed by atoms with Crippen LogP contribution in [-0.2, 0) is 4.74 Å². The van der Waals surface area contributed by atoms with Crippen LogP contribution < -0.4 is 10.1 Å². The van der Waals surface area contributed by atoms with Crippen molar-refractivity contribution in [3.8, 4) is 5.75 Å². The first kappa shape index (κ1) is 14.6. The molecule has 0 radical (unpaired) electrons. The Bertz CT molecular complexity index is 383. The fourth-order valence-electron chi connectivity index (χ4n) is 2.23. The zero-order chi connectivity index (χ0) is 13.5. The third-order valence-electron chi connectivity index (χ3n) is 3.04. The molecule has 2 atom stereocenters. The molecule has 0 saturated carbocycles. The SMILES string of the molecule is CCNC(c1cncc(OCC)c1)C1CSCCO1. The second kappa shape index (κ2) is 7.72. The molecule has 19 heavy (non-hydrogen) atoms. The summed E-state index contributed by atoms with van der Waals surface area (Å²) in [5.41, 5.74) is 1.14. The van der Waals surface area contributed by atoms with Gasteiger partial charge in [0.1, 0.15) is 5.75 Å². The van der Waals surface area contributed by atoms with Crippen LogP contribution in [0.2, 0.25) is 0 Å². The predicted molar refractivity (Wildman–Crippen MR) is 78.9 cm³/mol. The summed E-state index contributed by atoms with van der Waals surface area (Å²) in [5.74, 6) is 2.94. The number of pyridine rings is 1. The van der Waals surface area contributed by atoms with Crippen molar-refractivity contribution >= 4 is 11.8 Å². The Morgan fingerprint density at radius 2 is 2.42 bits per heavy atom. The first-order valence-electron chi connectivity index (χ1n) is 6.85. The topological polar surface area (TPSA) is 43.4 Å². The molecule has 1 aromatic rings. The summed E-state index contributed by atoms with van der Waals surface area (Å²) < 4.78 is 11.4. The number of hydrogen-bond donors (Lipinski definition) is 1. The van der Waals surface area contributed by atoms with Crippen LogP contribution in [0.25, 0.3) is 0 Å². The van der Waals surface area contributed by atoms with Crippen LogP contribution in [-0.4, -0.2) is 42.4 Å². The first-order chi connectivity index (χ1) is 9.35. The molecule has 4 nitrogen and oxygen atoms in total. The maximum Gasteiger partial charge on any atom is 0.137 e. The number of nitrogens with zero attached hydrogens (tertiary/aromatic N) is 1. The lowest BCUT2D eigenvalue weighted by Crippen LogP contribution is -2.38. The van der Waals surface area contributed by atoms with Crippen LogP contribution in [0.15, 0.2) is 18.5 Å². The standard InChI is InChI=1S/C14H22N2O2S/c1-3-16-14(13-10-19-6-5-18-13)11-7-12(17-4-2)9-15-8-11/h7-9,13-14,16H,3-6,10H2,1-2H3. The van der Waals surface area contributed by atoms with Crippen LogP contribution in [0.4, 0.5) is 0 Å². The highest BCUT2D eigenvalue weighted by atomic mass is 32.2. The number of likely N-dealkylation sites (N-methyl/N-ethyl adjacent to an activating group) is 1. The fraction of sp³-hybridized carbons (Fsp3) is 0.643. The van der Waals surface area contributed by atoms with E-state index in [0.29, 0.717) is 6.61 Å². The summed E-state index contributed by atoms with van der Waals surface area (Å²) >= 11 is 1.95. The lowest BCUT2D eigenvalue weighted by Gasteiger charge is -2.31. The molecule has 0 bridgehead atoms. The minimum absolute atomic E-state index is 0.186. The lowest BCUT2D eigenvalue weighted by atomic mass is 10.0. The first-order valence-corrected chi connectivity index (χ1v) is 8.01. The minimum atomic E-state index is 0.186. The maximum atomic E-state index is 5.89. The molecule has 1 N–H and O–H groups in total. The predicted octanol–water partition coefficient (Wildman–Crippen LogP) is 2.26. The molecule has 1 aromatic heterocycles. The number of hydrogen-bond acceptors (Lipinski definition) is 5. The summed E-state index contributed by atoms with van der Waals surface area (Å²) in [4.78, 5) is 4.27. The fourth-order valence-corrected chi connectivity index (χ4v) is 3.14. The van der Waals surface area contributed by atoms with Crippen molar-refractivity contribution < 1.29 is 9.47 Å². The number of rotatable bonds is 6. The van der Waals surface area contributed by atoms with Crippen molar-refractivity contribution in [2.75, 3.05) is 31.3 Å². The molecule has 1 fully saturated rings. The van der Waals surface area contributed by atoms with Gasteiger partial charge in [-0.25, -0.2) is 0 Å². The minimum Gasteiger partial charge on any atom is -0.492 e. The molecule has 0 aromatic carbocycles. The molecule has 1 aliphatic rings. The highest BCUT2D eigenvalue weighted by Crippen LogP contribution is 2.27. The van der Waals surface area contributed by atoms with Gasteiger partial charge in [-0.2, -0.15) is 11.8 Å². The van der Waals surface area contributed by atoms with E-state index in [4.69, 9.17) is 9.47 Å². The van der Waals surface area contributed by atoms with Crippen molar-refractivity contribution in [2.45, 2.75) is 26.0 Å². The molecular weight excluding hydrogens is 260 g/mol. The van der Waals surface area contributed by atoms with Crippen molar-refractivity contribution in [2.24, 2.45) is 0 Å². The Hall–Kier alpha value is -0.780. The second-order valence-electron chi connectivity index (χ2n) is 4.41. The third-order valence-corrected chi connectivity index (χ3v) is 4.06. The Balaban J connectivity index is 2.14. The Morgan fingerprint density at radius 1 is 1.53 bits per heavy atom. The Kier molecular flexibility index (Phi) is 5.94. The quantitative estimate of drug-likeness (QED) is 0.867. The van der Waals surface area contributed by atoms with Gasteiger partial charge in [-0.05, 0) is 25.1 Å².